The molecule has 0 amide bonds. The highest BCUT2D eigenvalue weighted by molar-refractivity contribution is 5.08. The minimum Gasteiger partial charge on any atom is -0.343 e. The third kappa shape index (κ3) is 4.38. The molecule has 0 aliphatic carbocycles. The Labute approximate surface area is 75.3 Å². The third-order valence-electron chi connectivity index (χ3n) is 1.65. The molecular formula is C10H17O2. The Morgan fingerprint density at radius 3 is 2.33 bits per heavy atom. The van der Waals surface area contributed by atoms with Crippen LogP contribution in [-0.4, -0.2) is 20.0 Å². The summed E-state index contributed by atoms with van der Waals surface area (Å²) < 4.78 is 10.1. The maximum absolute atomic E-state index is 5.06. The topological polar surface area (TPSA) is 18.5 Å². The molecule has 0 unspecified atom stereocenters. The molecule has 12 heavy (non-hydrogen) atoms. The van der Waals surface area contributed by atoms with Gasteiger partial charge in [-0.15, -0.1) is 0 Å². The van der Waals surface area contributed by atoms with Gasteiger partial charge in [0.05, 0.1) is 0 Å². The molecule has 0 N–H and O–H groups in total. The van der Waals surface area contributed by atoms with Gasteiger partial charge in [0, 0.05) is 27.6 Å². The van der Waals surface area contributed by atoms with E-state index in [9.17, 15) is 0 Å². The summed E-state index contributed by atoms with van der Waals surface area (Å²) in [6.07, 6.45) is 2.80. The molecule has 0 aliphatic rings. The second-order valence-corrected chi connectivity index (χ2v) is 2.61. The fourth-order valence-corrected chi connectivity index (χ4v) is 0.622. The SMILES string of the molecule is [CH2]CCCC#CC(C)(OC)OC. The normalized spacial score (nSPS) is 10.7. The highest BCUT2D eigenvalue weighted by Gasteiger charge is 2.17. The zero-order valence-electron chi connectivity index (χ0n) is 8.14. The third-order valence-corrected chi connectivity index (χ3v) is 1.65. The highest BCUT2D eigenvalue weighted by atomic mass is 16.7. The van der Waals surface area contributed by atoms with E-state index in [2.05, 4.69) is 18.8 Å². The van der Waals surface area contributed by atoms with Crippen LogP contribution in [0.1, 0.15) is 26.2 Å². The highest BCUT2D eigenvalue weighted by Crippen LogP contribution is 2.07. The molecule has 0 rings (SSSR count). The summed E-state index contributed by atoms with van der Waals surface area (Å²) in [6.45, 7) is 5.53. The summed E-state index contributed by atoms with van der Waals surface area (Å²) in [5.41, 5.74) is 0. The average Bonchev–Trinajstić information content (AvgIpc) is 2.12. The van der Waals surface area contributed by atoms with Gasteiger partial charge >= 0.3 is 0 Å². The first kappa shape index (κ1) is 11.5. The monoisotopic (exact) mass is 169 g/mol. The van der Waals surface area contributed by atoms with E-state index in [0.29, 0.717) is 0 Å². The predicted molar refractivity (Wildman–Crippen MR) is 49.4 cm³/mol. The van der Waals surface area contributed by atoms with Crippen LogP contribution in [0.25, 0.3) is 0 Å². The Morgan fingerprint density at radius 2 is 1.92 bits per heavy atom. The summed E-state index contributed by atoms with van der Waals surface area (Å²) in [6, 6.07) is 0. The molecule has 0 spiro atoms. The van der Waals surface area contributed by atoms with Gasteiger partial charge in [0.15, 0.2) is 0 Å². The van der Waals surface area contributed by atoms with Crippen LogP contribution in [0.4, 0.5) is 0 Å². The van der Waals surface area contributed by atoms with Gasteiger partial charge in [-0.2, -0.15) is 0 Å². The van der Waals surface area contributed by atoms with Crippen LogP contribution >= 0.6 is 0 Å². The minimum atomic E-state index is -0.749. The van der Waals surface area contributed by atoms with Gasteiger partial charge in [0.1, 0.15) is 0 Å². The first-order valence-corrected chi connectivity index (χ1v) is 4.08. The second kappa shape index (κ2) is 6.05. The fraction of sp³-hybridized carbons (Fsp3) is 0.700. The van der Waals surface area contributed by atoms with Crippen LogP contribution < -0.4 is 0 Å². The Kier molecular flexibility index (Phi) is 5.79. The lowest BCUT2D eigenvalue weighted by atomic mass is 10.2. The van der Waals surface area contributed by atoms with E-state index < -0.39 is 5.79 Å². The molecule has 69 valence electrons. The van der Waals surface area contributed by atoms with Gasteiger partial charge in [-0.05, 0) is 12.3 Å². The van der Waals surface area contributed by atoms with Crippen LogP contribution in [0.2, 0.25) is 0 Å². The fourth-order valence-electron chi connectivity index (χ4n) is 0.622. The molecule has 0 saturated heterocycles. The molecular weight excluding hydrogens is 152 g/mol. The molecule has 0 bridgehead atoms. The minimum absolute atomic E-state index is 0.749. The van der Waals surface area contributed by atoms with Crippen molar-refractivity contribution in [1.29, 1.82) is 0 Å². The lowest BCUT2D eigenvalue weighted by molar-refractivity contribution is -0.148. The molecule has 0 saturated carbocycles. The molecule has 0 heterocycles. The zero-order valence-corrected chi connectivity index (χ0v) is 8.14. The molecule has 0 aliphatic heterocycles. The van der Waals surface area contributed by atoms with Crippen molar-refractivity contribution in [2.24, 2.45) is 0 Å². The Balaban J connectivity index is 3.88. The quantitative estimate of drug-likeness (QED) is 0.364. The zero-order chi connectivity index (χ0) is 9.45. The summed E-state index contributed by atoms with van der Waals surface area (Å²) in [7, 11) is 3.17. The number of hydrogen-bond acceptors (Lipinski definition) is 2. The molecule has 1 radical (unpaired) electrons. The van der Waals surface area contributed by atoms with Crippen molar-refractivity contribution >= 4 is 0 Å². The van der Waals surface area contributed by atoms with Gasteiger partial charge in [0.25, 0.3) is 0 Å². The van der Waals surface area contributed by atoms with E-state index in [1.54, 1.807) is 21.1 Å². The molecule has 2 nitrogen and oxygen atoms in total. The van der Waals surface area contributed by atoms with Crippen molar-refractivity contribution in [3.8, 4) is 11.8 Å². The van der Waals surface area contributed by atoms with Gasteiger partial charge in [-0.25, -0.2) is 0 Å². The van der Waals surface area contributed by atoms with E-state index >= 15 is 0 Å². The van der Waals surface area contributed by atoms with Gasteiger partial charge in [-0.3, -0.25) is 0 Å². The average molecular weight is 169 g/mol. The molecule has 0 atom stereocenters. The van der Waals surface area contributed by atoms with Gasteiger partial charge < -0.3 is 9.47 Å². The summed E-state index contributed by atoms with van der Waals surface area (Å²) in [5, 5.41) is 0. The molecule has 0 aromatic carbocycles. The number of ether oxygens (including phenoxy) is 2. The second-order valence-electron chi connectivity index (χ2n) is 2.61. The van der Waals surface area contributed by atoms with Gasteiger partial charge in [0.2, 0.25) is 5.79 Å². The van der Waals surface area contributed by atoms with E-state index in [4.69, 9.17) is 9.47 Å². The van der Waals surface area contributed by atoms with Crippen molar-refractivity contribution in [3.63, 3.8) is 0 Å². The van der Waals surface area contributed by atoms with Crippen LogP contribution in [0.15, 0.2) is 0 Å². The largest absolute Gasteiger partial charge is 0.343 e. The maximum atomic E-state index is 5.06. The number of unbranched alkanes of at least 4 members (excludes halogenated alkanes) is 2. The Bertz CT molecular complexity index is 160. The Hall–Kier alpha value is -0.520. The van der Waals surface area contributed by atoms with Crippen molar-refractivity contribution in [1.82, 2.24) is 0 Å². The summed E-state index contributed by atoms with van der Waals surface area (Å²) in [5.74, 6) is 5.15. The number of rotatable bonds is 4. The van der Waals surface area contributed by atoms with Crippen molar-refractivity contribution < 1.29 is 9.47 Å². The van der Waals surface area contributed by atoms with Crippen LogP contribution in [-0.2, 0) is 9.47 Å². The molecule has 0 aromatic rings. The molecule has 0 fully saturated rings. The lowest BCUT2D eigenvalue weighted by Crippen LogP contribution is -2.27. The summed E-state index contributed by atoms with van der Waals surface area (Å²) in [4.78, 5) is 0. The number of methoxy groups -OCH3 is 2. The van der Waals surface area contributed by atoms with E-state index in [1.807, 2.05) is 0 Å². The Morgan fingerprint density at radius 1 is 1.33 bits per heavy atom. The maximum Gasteiger partial charge on any atom is 0.230 e. The molecule has 2 heteroatoms. The first-order valence-electron chi connectivity index (χ1n) is 4.08. The van der Waals surface area contributed by atoms with Crippen molar-refractivity contribution in [2.45, 2.75) is 32.0 Å². The van der Waals surface area contributed by atoms with E-state index in [0.717, 1.165) is 19.3 Å². The first-order chi connectivity index (χ1) is 5.68. The van der Waals surface area contributed by atoms with Crippen LogP contribution in [0, 0.1) is 18.8 Å². The number of hydrogen-bond donors (Lipinski definition) is 0. The smallest absolute Gasteiger partial charge is 0.230 e. The summed E-state index contributed by atoms with van der Waals surface area (Å²) >= 11 is 0. The predicted octanol–water partition coefficient (Wildman–Crippen LogP) is 2.00. The van der Waals surface area contributed by atoms with Crippen molar-refractivity contribution in [3.05, 3.63) is 6.92 Å². The molecule has 0 aromatic heterocycles. The standard InChI is InChI=1S/C10H17O2/c1-5-6-7-8-9-10(2,11-3)12-4/h1,5-7H2,2-4H3. The van der Waals surface area contributed by atoms with Gasteiger partial charge in [-0.1, -0.05) is 19.3 Å². The van der Waals surface area contributed by atoms with Crippen LogP contribution in [0.3, 0.4) is 0 Å². The van der Waals surface area contributed by atoms with E-state index in [1.165, 1.54) is 0 Å². The van der Waals surface area contributed by atoms with E-state index in [-0.39, 0.29) is 0 Å². The van der Waals surface area contributed by atoms with Crippen molar-refractivity contribution in [2.75, 3.05) is 14.2 Å². The lowest BCUT2D eigenvalue weighted by Gasteiger charge is -2.18. The van der Waals surface area contributed by atoms with Crippen LogP contribution in [0.5, 0.6) is 0 Å².